The predicted molar refractivity (Wildman–Crippen MR) is 70.0 cm³/mol. The van der Waals surface area contributed by atoms with Crippen molar-refractivity contribution in [1.29, 1.82) is 0 Å². The molecule has 1 heterocycles. The Morgan fingerprint density at radius 3 is 2.56 bits per heavy atom. The third-order valence-corrected chi connectivity index (χ3v) is 2.84. The number of aromatic nitrogens is 1. The number of hydrogen-bond acceptors (Lipinski definition) is 3. The van der Waals surface area contributed by atoms with Crippen molar-refractivity contribution in [2.75, 3.05) is 7.11 Å². The number of aryl methyl sites for hydroxylation is 1. The summed E-state index contributed by atoms with van der Waals surface area (Å²) in [6.07, 6.45) is 2.45. The highest BCUT2D eigenvalue weighted by Gasteiger charge is 2.13. The number of pyridine rings is 1. The fourth-order valence-electron chi connectivity index (χ4n) is 1.81. The molecule has 1 aromatic carbocycles. The molecule has 0 fully saturated rings. The van der Waals surface area contributed by atoms with E-state index in [9.17, 15) is 4.79 Å². The second kappa shape index (κ2) is 5.45. The number of rotatable bonds is 4. The zero-order chi connectivity index (χ0) is 13.0. The number of carbonyl (C=O) groups excluding carboxylic acids is 1. The highest BCUT2D eigenvalue weighted by molar-refractivity contribution is 6.08. The van der Waals surface area contributed by atoms with Gasteiger partial charge in [-0.05, 0) is 42.3 Å². The van der Waals surface area contributed by atoms with E-state index in [0.29, 0.717) is 11.3 Å². The van der Waals surface area contributed by atoms with Crippen molar-refractivity contribution in [3.05, 3.63) is 59.4 Å². The molecule has 0 N–H and O–H groups in total. The minimum atomic E-state index is -0.0462. The van der Waals surface area contributed by atoms with Gasteiger partial charge in [0.05, 0.1) is 7.11 Å². The van der Waals surface area contributed by atoms with Crippen LogP contribution in [0, 0.1) is 0 Å². The summed E-state index contributed by atoms with van der Waals surface area (Å²) in [5, 5.41) is 0. The Kier molecular flexibility index (Phi) is 3.72. The van der Waals surface area contributed by atoms with Crippen molar-refractivity contribution in [2.24, 2.45) is 0 Å². The van der Waals surface area contributed by atoms with Gasteiger partial charge in [-0.15, -0.1) is 0 Å². The van der Waals surface area contributed by atoms with Gasteiger partial charge in [-0.3, -0.25) is 9.78 Å². The SMILES string of the molecule is CCc1cccnc1C(=O)c1ccc(OC)cc1. The van der Waals surface area contributed by atoms with Gasteiger partial charge in [0, 0.05) is 11.8 Å². The lowest BCUT2D eigenvalue weighted by molar-refractivity contribution is 0.103. The van der Waals surface area contributed by atoms with E-state index in [1.54, 1.807) is 37.6 Å². The van der Waals surface area contributed by atoms with Crippen molar-refractivity contribution in [2.45, 2.75) is 13.3 Å². The summed E-state index contributed by atoms with van der Waals surface area (Å²) < 4.78 is 5.07. The zero-order valence-electron chi connectivity index (χ0n) is 10.5. The predicted octanol–water partition coefficient (Wildman–Crippen LogP) is 2.88. The van der Waals surface area contributed by atoms with E-state index in [1.807, 2.05) is 19.1 Å². The van der Waals surface area contributed by atoms with E-state index < -0.39 is 0 Å². The maximum atomic E-state index is 12.3. The minimum Gasteiger partial charge on any atom is -0.497 e. The lowest BCUT2D eigenvalue weighted by atomic mass is 10.0. The second-order valence-electron chi connectivity index (χ2n) is 3.92. The van der Waals surface area contributed by atoms with E-state index >= 15 is 0 Å². The maximum absolute atomic E-state index is 12.3. The van der Waals surface area contributed by atoms with Gasteiger partial charge in [-0.2, -0.15) is 0 Å². The van der Waals surface area contributed by atoms with Crippen LogP contribution in [-0.2, 0) is 6.42 Å². The summed E-state index contributed by atoms with van der Waals surface area (Å²) >= 11 is 0. The van der Waals surface area contributed by atoms with Crippen LogP contribution in [0.25, 0.3) is 0 Å². The number of nitrogens with zero attached hydrogens (tertiary/aromatic N) is 1. The van der Waals surface area contributed by atoms with Crippen LogP contribution < -0.4 is 4.74 Å². The lowest BCUT2D eigenvalue weighted by Crippen LogP contribution is -2.07. The summed E-state index contributed by atoms with van der Waals surface area (Å²) in [6.45, 7) is 2.02. The fraction of sp³-hybridized carbons (Fsp3) is 0.200. The van der Waals surface area contributed by atoms with E-state index in [0.717, 1.165) is 17.7 Å². The molecule has 0 bridgehead atoms. The molecule has 0 amide bonds. The molecule has 92 valence electrons. The number of ketones is 1. The molecule has 0 aliphatic carbocycles. The zero-order valence-corrected chi connectivity index (χ0v) is 10.5. The minimum absolute atomic E-state index is 0.0462. The maximum Gasteiger partial charge on any atom is 0.211 e. The highest BCUT2D eigenvalue weighted by atomic mass is 16.5. The van der Waals surface area contributed by atoms with Crippen molar-refractivity contribution >= 4 is 5.78 Å². The van der Waals surface area contributed by atoms with Gasteiger partial charge in [-0.25, -0.2) is 0 Å². The Morgan fingerprint density at radius 2 is 1.94 bits per heavy atom. The lowest BCUT2D eigenvalue weighted by Gasteiger charge is -2.06. The molecule has 0 aliphatic heterocycles. The van der Waals surface area contributed by atoms with Gasteiger partial charge in [-0.1, -0.05) is 13.0 Å². The third kappa shape index (κ3) is 2.40. The number of benzene rings is 1. The van der Waals surface area contributed by atoms with Crippen molar-refractivity contribution in [3.63, 3.8) is 0 Å². The Labute approximate surface area is 106 Å². The average Bonchev–Trinajstić information content (AvgIpc) is 2.46. The molecule has 0 unspecified atom stereocenters. The van der Waals surface area contributed by atoms with Gasteiger partial charge >= 0.3 is 0 Å². The van der Waals surface area contributed by atoms with Crippen LogP contribution in [0.4, 0.5) is 0 Å². The Balaban J connectivity index is 2.35. The summed E-state index contributed by atoms with van der Waals surface area (Å²) in [5.41, 5.74) is 2.13. The van der Waals surface area contributed by atoms with Crippen LogP contribution in [0.15, 0.2) is 42.6 Å². The number of hydrogen-bond donors (Lipinski definition) is 0. The number of methoxy groups -OCH3 is 1. The molecule has 0 saturated heterocycles. The molecular formula is C15H15NO2. The smallest absolute Gasteiger partial charge is 0.211 e. The first-order valence-corrected chi connectivity index (χ1v) is 5.89. The van der Waals surface area contributed by atoms with Gasteiger partial charge < -0.3 is 4.74 Å². The van der Waals surface area contributed by atoms with Crippen LogP contribution in [0.5, 0.6) is 5.75 Å². The highest BCUT2D eigenvalue weighted by Crippen LogP contribution is 2.16. The number of carbonyl (C=O) groups is 1. The normalized spacial score (nSPS) is 10.1. The molecule has 0 atom stereocenters. The van der Waals surface area contributed by atoms with Gasteiger partial charge in [0.25, 0.3) is 0 Å². The quantitative estimate of drug-likeness (QED) is 0.773. The largest absolute Gasteiger partial charge is 0.497 e. The monoisotopic (exact) mass is 241 g/mol. The average molecular weight is 241 g/mol. The Morgan fingerprint density at radius 1 is 1.22 bits per heavy atom. The first-order chi connectivity index (χ1) is 8.76. The Hall–Kier alpha value is -2.16. The van der Waals surface area contributed by atoms with E-state index in [1.165, 1.54) is 0 Å². The molecule has 0 spiro atoms. The molecular weight excluding hydrogens is 226 g/mol. The van der Waals surface area contributed by atoms with E-state index in [4.69, 9.17) is 4.74 Å². The molecule has 3 heteroatoms. The van der Waals surface area contributed by atoms with Crippen LogP contribution in [0.3, 0.4) is 0 Å². The second-order valence-corrected chi connectivity index (χ2v) is 3.92. The standard InChI is InChI=1S/C15H15NO2/c1-3-11-5-4-10-16-14(11)15(17)12-6-8-13(18-2)9-7-12/h4-10H,3H2,1-2H3. The third-order valence-electron chi connectivity index (χ3n) is 2.84. The van der Waals surface area contributed by atoms with E-state index in [2.05, 4.69) is 4.98 Å². The fourth-order valence-corrected chi connectivity index (χ4v) is 1.81. The van der Waals surface area contributed by atoms with Crippen molar-refractivity contribution in [3.8, 4) is 5.75 Å². The topological polar surface area (TPSA) is 39.2 Å². The van der Waals surface area contributed by atoms with Crippen LogP contribution in [-0.4, -0.2) is 17.9 Å². The van der Waals surface area contributed by atoms with Gasteiger partial charge in [0.1, 0.15) is 11.4 Å². The first kappa shape index (κ1) is 12.3. The molecule has 2 rings (SSSR count). The van der Waals surface area contributed by atoms with Crippen LogP contribution >= 0.6 is 0 Å². The van der Waals surface area contributed by atoms with Crippen LogP contribution in [0.1, 0.15) is 28.5 Å². The summed E-state index contributed by atoms with van der Waals surface area (Å²) in [7, 11) is 1.60. The van der Waals surface area contributed by atoms with E-state index in [-0.39, 0.29) is 5.78 Å². The summed E-state index contributed by atoms with van der Waals surface area (Å²) in [6, 6.07) is 10.9. The van der Waals surface area contributed by atoms with Gasteiger partial charge in [0.2, 0.25) is 5.78 Å². The summed E-state index contributed by atoms with van der Waals surface area (Å²) in [5.74, 6) is 0.693. The molecule has 2 aromatic rings. The molecule has 1 aromatic heterocycles. The molecule has 3 nitrogen and oxygen atoms in total. The van der Waals surface area contributed by atoms with Crippen LogP contribution in [0.2, 0.25) is 0 Å². The first-order valence-electron chi connectivity index (χ1n) is 5.89. The van der Waals surface area contributed by atoms with Crippen molar-refractivity contribution in [1.82, 2.24) is 4.98 Å². The Bertz CT molecular complexity index is 547. The summed E-state index contributed by atoms with van der Waals surface area (Å²) in [4.78, 5) is 16.5. The van der Waals surface area contributed by atoms with Crippen molar-refractivity contribution < 1.29 is 9.53 Å². The molecule has 0 saturated carbocycles. The number of ether oxygens (including phenoxy) is 1. The molecule has 18 heavy (non-hydrogen) atoms. The molecule has 0 radical (unpaired) electrons. The molecule has 0 aliphatic rings. The van der Waals surface area contributed by atoms with Gasteiger partial charge in [0.15, 0.2) is 0 Å².